The monoisotopic (exact) mass is 438 g/mol. The fourth-order valence-electron chi connectivity index (χ4n) is 3.81. The zero-order chi connectivity index (χ0) is 23.5. The number of esters is 1. The molecule has 7 heteroatoms. The van der Waals surface area contributed by atoms with Gasteiger partial charge in [0.25, 0.3) is 5.91 Å². The van der Waals surface area contributed by atoms with Crippen LogP contribution in [0.5, 0.6) is 0 Å². The summed E-state index contributed by atoms with van der Waals surface area (Å²) in [5.41, 5.74) is 4.49. The molecule has 0 bridgehead atoms. The molecular formula is C26H22N4O3. The Labute approximate surface area is 191 Å². The van der Waals surface area contributed by atoms with Gasteiger partial charge in [-0.25, -0.2) is 4.79 Å². The van der Waals surface area contributed by atoms with E-state index in [1.54, 1.807) is 19.1 Å². The minimum absolute atomic E-state index is 0.350. The van der Waals surface area contributed by atoms with Crippen LogP contribution in [0.1, 0.15) is 32.9 Å². The quantitative estimate of drug-likeness (QED) is 0.459. The number of carbonyl (C=O) groups is 2. The third kappa shape index (κ3) is 4.19. The normalized spacial score (nSPS) is 10.6. The smallest absolute Gasteiger partial charge is 0.339 e. The molecule has 0 atom stereocenters. The summed E-state index contributed by atoms with van der Waals surface area (Å²) in [7, 11) is 0. The number of pyridine rings is 1. The third-order valence-corrected chi connectivity index (χ3v) is 5.50. The van der Waals surface area contributed by atoms with Crippen LogP contribution in [0.15, 0.2) is 60.7 Å². The van der Waals surface area contributed by atoms with Crippen molar-refractivity contribution in [1.29, 1.82) is 5.26 Å². The molecule has 2 heterocycles. The lowest BCUT2D eigenvalue weighted by Crippen LogP contribution is -2.23. The van der Waals surface area contributed by atoms with Gasteiger partial charge >= 0.3 is 5.97 Å². The first kappa shape index (κ1) is 21.8. The molecule has 0 radical (unpaired) electrons. The van der Waals surface area contributed by atoms with Gasteiger partial charge in [0.15, 0.2) is 6.61 Å². The number of aryl methyl sites for hydroxylation is 1. The Bertz CT molecular complexity index is 1420. The topological polar surface area (TPSA) is 97.0 Å². The summed E-state index contributed by atoms with van der Waals surface area (Å²) >= 11 is 0. The van der Waals surface area contributed by atoms with Crippen molar-refractivity contribution in [2.24, 2.45) is 0 Å². The van der Waals surface area contributed by atoms with E-state index in [0.29, 0.717) is 33.5 Å². The molecule has 1 N–H and O–H groups in total. The van der Waals surface area contributed by atoms with Gasteiger partial charge in [0.05, 0.1) is 16.6 Å². The van der Waals surface area contributed by atoms with E-state index in [4.69, 9.17) is 4.74 Å². The highest BCUT2D eigenvalue weighted by molar-refractivity contribution is 6.04. The molecule has 2 aromatic heterocycles. The van der Waals surface area contributed by atoms with Gasteiger partial charge in [-0.2, -0.15) is 5.26 Å². The van der Waals surface area contributed by atoms with Crippen LogP contribution in [0.2, 0.25) is 0 Å². The minimum atomic E-state index is -0.613. The number of hydrogen-bond donors (Lipinski definition) is 1. The van der Waals surface area contributed by atoms with Crippen molar-refractivity contribution < 1.29 is 14.3 Å². The summed E-state index contributed by atoms with van der Waals surface area (Å²) in [6, 6.07) is 20.5. The number of nitrogens with zero attached hydrogens (tertiary/aromatic N) is 3. The number of benzene rings is 2. The van der Waals surface area contributed by atoms with Crippen molar-refractivity contribution in [2.75, 3.05) is 11.9 Å². The summed E-state index contributed by atoms with van der Waals surface area (Å²) in [4.78, 5) is 29.9. The summed E-state index contributed by atoms with van der Waals surface area (Å²) in [6.07, 6.45) is 0. The fourth-order valence-corrected chi connectivity index (χ4v) is 3.81. The van der Waals surface area contributed by atoms with Gasteiger partial charge in [0.2, 0.25) is 0 Å². The number of hydrogen-bond acceptors (Lipinski definition) is 5. The second-order valence-electron chi connectivity index (χ2n) is 7.67. The number of anilines is 1. The molecule has 4 rings (SSSR count). The van der Waals surface area contributed by atoms with E-state index in [1.165, 1.54) is 0 Å². The molecule has 0 saturated carbocycles. The minimum Gasteiger partial charge on any atom is -0.452 e. The van der Waals surface area contributed by atoms with E-state index in [1.807, 2.05) is 66.9 Å². The van der Waals surface area contributed by atoms with E-state index in [-0.39, 0.29) is 0 Å². The van der Waals surface area contributed by atoms with E-state index in [2.05, 4.69) is 16.4 Å². The van der Waals surface area contributed by atoms with Crippen LogP contribution in [0, 0.1) is 32.1 Å². The van der Waals surface area contributed by atoms with E-state index in [9.17, 15) is 14.9 Å². The predicted octanol–water partition coefficient (Wildman–Crippen LogP) is 4.62. The largest absolute Gasteiger partial charge is 0.452 e. The van der Waals surface area contributed by atoms with Gasteiger partial charge in [0, 0.05) is 22.5 Å². The number of carbonyl (C=O) groups excluding carboxylic acids is 2. The molecule has 2 aromatic carbocycles. The molecule has 33 heavy (non-hydrogen) atoms. The molecule has 0 fully saturated rings. The van der Waals surface area contributed by atoms with Crippen molar-refractivity contribution in [1.82, 2.24) is 9.55 Å². The third-order valence-electron chi connectivity index (χ3n) is 5.50. The number of rotatable bonds is 5. The van der Waals surface area contributed by atoms with Gasteiger partial charge in [-0.1, -0.05) is 36.4 Å². The van der Waals surface area contributed by atoms with E-state index < -0.39 is 18.5 Å². The number of para-hydroxylation sites is 2. The maximum Gasteiger partial charge on any atom is 0.339 e. The van der Waals surface area contributed by atoms with Crippen molar-refractivity contribution >= 4 is 28.6 Å². The van der Waals surface area contributed by atoms with Gasteiger partial charge < -0.3 is 10.1 Å². The van der Waals surface area contributed by atoms with Gasteiger partial charge in [-0.15, -0.1) is 0 Å². The van der Waals surface area contributed by atoms with Gasteiger partial charge in [-0.05, 0) is 50.6 Å². The number of nitrogens with one attached hydrogen (secondary N) is 1. The molecule has 0 unspecified atom stereocenters. The number of ether oxygens (including phenoxy) is 1. The first-order valence-electron chi connectivity index (χ1n) is 10.4. The van der Waals surface area contributed by atoms with Crippen LogP contribution < -0.4 is 5.32 Å². The lowest BCUT2D eigenvalue weighted by molar-refractivity contribution is -0.119. The van der Waals surface area contributed by atoms with Crippen LogP contribution in [0.4, 0.5) is 5.82 Å². The molecule has 0 spiro atoms. The second-order valence-corrected chi connectivity index (χ2v) is 7.67. The Morgan fingerprint density at radius 2 is 1.76 bits per heavy atom. The first-order valence-corrected chi connectivity index (χ1v) is 10.4. The van der Waals surface area contributed by atoms with Crippen molar-refractivity contribution in [2.45, 2.75) is 20.8 Å². The molecule has 7 nitrogen and oxygen atoms in total. The Morgan fingerprint density at radius 1 is 1.06 bits per heavy atom. The summed E-state index contributed by atoms with van der Waals surface area (Å²) in [6.45, 7) is 5.02. The zero-order valence-corrected chi connectivity index (χ0v) is 18.5. The van der Waals surface area contributed by atoms with Crippen LogP contribution >= 0.6 is 0 Å². The van der Waals surface area contributed by atoms with Crippen LogP contribution in [-0.2, 0) is 9.53 Å². The molecule has 4 aromatic rings. The number of fused-ring (bicyclic) bond motifs is 1. The highest BCUT2D eigenvalue weighted by Gasteiger charge is 2.21. The second kappa shape index (κ2) is 8.97. The molecule has 0 aliphatic rings. The zero-order valence-electron chi connectivity index (χ0n) is 18.5. The molecule has 0 aliphatic carbocycles. The Morgan fingerprint density at radius 3 is 2.48 bits per heavy atom. The lowest BCUT2D eigenvalue weighted by atomic mass is 10.1. The van der Waals surface area contributed by atoms with Crippen molar-refractivity contribution in [3.8, 4) is 11.8 Å². The van der Waals surface area contributed by atoms with Crippen molar-refractivity contribution in [3.63, 3.8) is 0 Å². The summed E-state index contributed by atoms with van der Waals surface area (Å²) in [5, 5.41) is 13.1. The van der Waals surface area contributed by atoms with Crippen molar-refractivity contribution in [3.05, 3.63) is 88.7 Å². The Balaban J connectivity index is 1.57. The van der Waals surface area contributed by atoms with Gasteiger partial charge in [0.1, 0.15) is 11.9 Å². The molecule has 0 aliphatic heterocycles. The molecule has 0 saturated heterocycles. The number of amides is 1. The Hall–Kier alpha value is -4.44. The lowest BCUT2D eigenvalue weighted by Gasteiger charge is -2.13. The van der Waals surface area contributed by atoms with Gasteiger partial charge in [-0.3, -0.25) is 14.3 Å². The first-order chi connectivity index (χ1) is 15.9. The predicted molar refractivity (Wildman–Crippen MR) is 125 cm³/mol. The average molecular weight is 438 g/mol. The standard InChI is InChI=1S/C26H22N4O3/c1-16-13-21(20-11-7-8-12-23(20)28-16)26(32)33-15-24(31)29-25-22(14-27)17(2)18(3)30(25)19-9-5-4-6-10-19/h4-13H,15H2,1-3H3,(H,29,31). The number of nitriles is 1. The fraction of sp³-hybridized carbons (Fsp3) is 0.154. The molecular weight excluding hydrogens is 416 g/mol. The SMILES string of the molecule is Cc1cc(C(=O)OCC(=O)Nc2c(C#N)c(C)c(C)n2-c2ccccc2)c2ccccc2n1. The number of aromatic nitrogens is 2. The van der Waals surface area contributed by atoms with Crippen LogP contribution in [0.3, 0.4) is 0 Å². The molecule has 1 amide bonds. The maximum atomic E-state index is 12.7. The summed E-state index contributed by atoms with van der Waals surface area (Å²) in [5.74, 6) is -0.798. The van der Waals surface area contributed by atoms with E-state index >= 15 is 0 Å². The summed E-state index contributed by atoms with van der Waals surface area (Å²) < 4.78 is 7.12. The average Bonchev–Trinajstić information content (AvgIpc) is 3.06. The van der Waals surface area contributed by atoms with Crippen LogP contribution in [-0.4, -0.2) is 28.0 Å². The Kier molecular flexibility index (Phi) is 5.92. The maximum absolute atomic E-state index is 12.7. The molecule has 164 valence electrons. The highest BCUT2D eigenvalue weighted by atomic mass is 16.5. The van der Waals surface area contributed by atoms with E-state index in [0.717, 1.165) is 16.9 Å². The van der Waals surface area contributed by atoms with Crippen LogP contribution in [0.25, 0.3) is 16.6 Å². The highest BCUT2D eigenvalue weighted by Crippen LogP contribution is 2.30.